The van der Waals surface area contributed by atoms with Crippen LogP contribution in [0.1, 0.15) is 6.42 Å². The Bertz CT molecular complexity index is 576. The first kappa shape index (κ1) is 14.2. The highest BCUT2D eigenvalue weighted by atomic mass is 19.4. The van der Waals surface area contributed by atoms with E-state index >= 15 is 0 Å². The van der Waals surface area contributed by atoms with Gasteiger partial charge in [0, 0.05) is 0 Å². The molecule has 114 valence electrons. The Hall–Kier alpha value is -1.79. The number of carbonyl (C=O) groups is 2. The topological polar surface area (TPSA) is 52.6 Å². The van der Waals surface area contributed by atoms with Crippen molar-refractivity contribution >= 4 is 11.9 Å². The first-order valence-electron chi connectivity index (χ1n) is 6.36. The fourth-order valence-corrected chi connectivity index (χ4v) is 3.97. The van der Waals surface area contributed by atoms with Crippen LogP contribution in [0.3, 0.4) is 0 Å². The average Bonchev–Trinajstić information content (AvgIpc) is 3.25. The Morgan fingerprint density at radius 3 is 2.00 bits per heavy atom. The fourth-order valence-electron chi connectivity index (χ4n) is 3.97. The molecule has 4 aliphatic rings. The number of hydrogen-bond donors (Lipinski definition) is 0. The Morgan fingerprint density at radius 2 is 1.57 bits per heavy atom. The van der Waals surface area contributed by atoms with E-state index in [0.717, 1.165) is 26.4 Å². The molecule has 0 aromatic rings. The number of rotatable bonds is 2. The van der Waals surface area contributed by atoms with Crippen molar-refractivity contribution in [1.29, 1.82) is 0 Å². The summed E-state index contributed by atoms with van der Waals surface area (Å²) in [5.74, 6) is -2.75. The summed E-state index contributed by atoms with van der Waals surface area (Å²) in [5.41, 5.74) is -5.62. The van der Waals surface area contributed by atoms with Crippen molar-refractivity contribution in [3.63, 3.8) is 0 Å². The molecule has 4 rings (SSSR count). The maximum atomic E-state index is 13.7. The van der Waals surface area contributed by atoms with E-state index in [1.807, 2.05) is 0 Å². The number of alkyl halides is 3. The van der Waals surface area contributed by atoms with Gasteiger partial charge in [-0.15, -0.1) is 0 Å². The second-order valence-electron chi connectivity index (χ2n) is 5.68. The van der Waals surface area contributed by atoms with Crippen LogP contribution in [0, 0.1) is 22.2 Å². The summed E-state index contributed by atoms with van der Waals surface area (Å²) in [6.07, 6.45) is 0.0512. The molecular weight excluding hydrogens is 289 g/mol. The molecule has 21 heavy (non-hydrogen) atoms. The summed E-state index contributed by atoms with van der Waals surface area (Å²) in [6.45, 7) is 0. The van der Waals surface area contributed by atoms with Crippen molar-refractivity contribution in [1.82, 2.24) is 0 Å². The molecule has 4 nitrogen and oxygen atoms in total. The lowest BCUT2D eigenvalue weighted by atomic mass is 9.56. The summed E-state index contributed by atoms with van der Waals surface area (Å²) in [6, 6.07) is 0. The fraction of sp³-hybridized carbons (Fsp3) is 0.571. The highest BCUT2D eigenvalue weighted by molar-refractivity contribution is 5.91. The second kappa shape index (κ2) is 3.69. The number of esters is 2. The summed E-state index contributed by atoms with van der Waals surface area (Å²) < 4.78 is 50.3. The Morgan fingerprint density at radius 1 is 1.05 bits per heavy atom. The van der Waals surface area contributed by atoms with Crippen LogP contribution < -0.4 is 0 Å². The lowest BCUT2D eigenvalue weighted by Crippen LogP contribution is -2.55. The predicted octanol–water partition coefficient (Wildman–Crippen LogP) is 2.01. The van der Waals surface area contributed by atoms with Crippen molar-refractivity contribution in [3.05, 3.63) is 24.3 Å². The normalized spacial score (nSPS) is 42.4. The van der Waals surface area contributed by atoms with Gasteiger partial charge in [0.25, 0.3) is 0 Å². The molecule has 1 saturated carbocycles. The van der Waals surface area contributed by atoms with Crippen LogP contribution in [0.4, 0.5) is 13.2 Å². The second-order valence-corrected chi connectivity index (χ2v) is 5.68. The molecular formula is C14H13F3O4. The quantitative estimate of drug-likeness (QED) is 0.578. The van der Waals surface area contributed by atoms with Crippen molar-refractivity contribution in [2.24, 2.45) is 22.2 Å². The van der Waals surface area contributed by atoms with E-state index < -0.39 is 40.3 Å². The minimum Gasteiger partial charge on any atom is -0.468 e. The van der Waals surface area contributed by atoms with E-state index in [1.165, 1.54) is 12.2 Å². The molecule has 0 heterocycles. The zero-order valence-electron chi connectivity index (χ0n) is 11.4. The Labute approximate surface area is 118 Å². The molecule has 4 aliphatic carbocycles. The van der Waals surface area contributed by atoms with Gasteiger partial charge >= 0.3 is 18.1 Å². The Kier molecular flexibility index (Phi) is 2.49. The van der Waals surface area contributed by atoms with Crippen molar-refractivity contribution in [2.45, 2.75) is 12.6 Å². The summed E-state index contributed by atoms with van der Waals surface area (Å²) in [5, 5.41) is 0. The van der Waals surface area contributed by atoms with E-state index in [2.05, 4.69) is 9.47 Å². The molecule has 0 amide bonds. The molecule has 1 fully saturated rings. The standard InChI is InChI=1S/C14H13F3O4/c1-20-9(18)11-3-5-12(6-4-11,10(19)21-2)13(7-8(11)13)14(15,16)17/h3-6,8H,7H2,1-2H3. The van der Waals surface area contributed by atoms with Crippen LogP contribution in [-0.2, 0) is 19.1 Å². The number of methoxy groups -OCH3 is 2. The summed E-state index contributed by atoms with van der Waals surface area (Å²) >= 11 is 0. The minimum atomic E-state index is -4.62. The van der Waals surface area contributed by atoms with Gasteiger partial charge in [-0.05, 0) is 12.3 Å². The lowest BCUT2D eigenvalue weighted by molar-refractivity contribution is -0.227. The molecule has 0 aliphatic heterocycles. The zero-order chi connectivity index (χ0) is 15.7. The molecule has 0 aromatic carbocycles. The third-order valence-electron chi connectivity index (χ3n) is 5.09. The van der Waals surface area contributed by atoms with Crippen LogP contribution in [0.25, 0.3) is 0 Å². The van der Waals surface area contributed by atoms with E-state index in [0.29, 0.717) is 0 Å². The van der Waals surface area contributed by atoms with Gasteiger partial charge in [0.2, 0.25) is 0 Å². The molecule has 7 heteroatoms. The smallest absolute Gasteiger partial charge is 0.396 e. The molecule has 0 radical (unpaired) electrons. The monoisotopic (exact) mass is 302 g/mol. The van der Waals surface area contributed by atoms with E-state index in [-0.39, 0.29) is 6.42 Å². The van der Waals surface area contributed by atoms with Gasteiger partial charge in [-0.2, -0.15) is 13.2 Å². The minimum absolute atomic E-state index is 0.305. The maximum absolute atomic E-state index is 13.7. The lowest BCUT2D eigenvalue weighted by Gasteiger charge is -2.46. The van der Waals surface area contributed by atoms with Crippen LogP contribution in [0.2, 0.25) is 0 Å². The highest BCUT2D eigenvalue weighted by Crippen LogP contribution is 2.81. The molecule has 2 unspecified atom stereocenters. The van der Waals surface area contributed by atoms with Crippen molar-refractivity contribution < 1.29 is 32.2 Å². The molecule has 0 aromatic heterocycles. The van der Waals surface area contributed by atoms with Gasteiger partial charge in [0.05, 0.1) is 19.6 Å². The van der Waals surface area contributed by atoms with Crippen LogP contribution in [0.15, 0.2) is 24.3 Å². The van der Waals surface area contributed by atoms with Gasteiger partial charge in [-0.25, -0.2) is 0 Å². The molecule has 2 bridgehead atoms. The van der Waals surface area contributed by atoms with Gasteiger partial charge in [0.1, 0.15) is 10.8 Å². The van der Waals surface area contributed by atoms with E-state index in [1.54, 1.807) is 0 Å². The first-order chi connectivity index (χ1) is 9.72. The van der Waals surface area contributed by atoms with Crippen LogP contribution in [0.5, 0.6) is 0 Å². The van der Waals surface area contributed by atoms with Gasteiger partial charge in [-0.3, -0.25) is 9.59 Å². The average molecular weight is 302 g/mol. The molecule has 0 N–H and O–H groups in total. The number of hydrogen-bond acceptors (Lipinski definition) is 4. The van der Waals surface area contributed by atoms with E-state index in [9.17, 15) is 22.8 Å². The van der Waals surface area contributed by atoms with Gasteiger partial charge in [-0.1, -0.05) is 24.3 Å². The SMILES string of the molecule is COC(=O)C12C=CC(C(=O)OC)(C=C1)C1(C(F)(F)F)CC21. The van der Waals surface area contributed by atoms with Gasteiger partial charge < -0.3 is 9.47 Å². The first-order valence-corrected chi connectivity index (χ1v) is 6.36. The van der Waals surface area contributed by atoms with Crippen LogP contribution in [-0.4, -0.2) is 32.3 Å². The third-order valence-corrected chi connectivity index (χ3v) is 5.09. The van der Waals surface area contributed by atoms with Gasteiger partial charge in [0.15, 0.2) is 0 Å². The number of halogens is 3. The zero-order valence-corrected chi connectivity index (χ0v) is 11.4. The third kappa shape index (κ3) is 1.28. The number of carbonyl (C=O) groups excluding carboxylic acids is 2. The highest BCUT2D eigenvalue weighted by Gasteiger charge is 2.87. The summed E-state index contributed by atoms with van der Waals surface area (Å²) in [4.78, 5) is 24.0. The maximum Gasteiger partial charge on any atom is 0.396 e. The molecule has 2 atom stereocenters. The summed E-state index contributed by atoms with van der Waals surface area (Å²) in [7, 11) is 2.18. The largest absolute Gasteiger partial charge is 0.468 e. The Balaban J connectivity index is 2.21. The van der Waals surface area contributed by atoms with Crippen molar-refractivity contribution in [3.8, 4) is 0 Å². The van der Waals surface area contributed by atoms with E-state index in [4.69, 9.17) is 0 Å². The van der Waals surface area contributed by atoms with Crippen LogP contribution >= 0.6 is 0 Å². The number of ether oxygens (including phenoxy) is 2. The van der Waals surface area contributed by atoms with Crippen molar-refractivity contribution in [2.75, 3.05) is 14.2 Å². The predicted molar refractivity (Wildman–Crippen MR) is 63.8 cm³/mol. The molecule has 0 saturated heterocycles. The molecule has 0 spiro atoms.